The van der Waals surface area contributed by atoms with Gasteiger partial charge in [-0.15, -0.1) is 0 Å². The van der Waals surface area contributed by atoms with E-state index in [1.165, 1.54) is 94.2 Å². The van der Waals surface area contributed by atoms with Gasteiger partial charge in [-0.2, -0.15) is 0 Å². The lowest BCUT2D eigenvalue weighted by Gasteiger charge is -2.28. The van der Waals surface area contributed by atoms with Gasteiger partial charge in [-0.25, -0.2) is 0 Å². The highest BCUT2D eigenvalue weighted by Crippen LogP contribution is 2.45. The second-order valence-corrected chi connectivity index (χ2v) is 12.2. The topological polar surface area (TPSA) is 0 Å². The fourth-order valence-electron chi connectivity index (χ4n) is 8.02. The van der Waals surface area contributed by atoms with Gasteiger partial charge in [0.25, 0.3) is 0 Å². The van der Waals surface area contributed by atoms with Crippen molar-refractivity contribution in [2.24, 2.45) is 5.92 Å². The van der Waals surface area contributed by atoms with Crippen LogP contribution < -0.4 is 10.4 Å². The Balaban J connectivity index is 1.38. The van der Waals surface area contributed by atoms with E-state index in [1.54, 1.807) is 0 Å². The molecule has 0 amide bonds. The van der Waals surface area contributed by atoms with Gasteiger partial charge in [-0.3, -0.25) is 0 Å². The zero-order valence-corrected chi connectivity index (χ0v) is 23.7. The smallest absolute Gasteiger partial charge is 0.00605 e. The molecule has 0 heteroatoms. The van der Waals surface area contributed by atoms with E-state index in [-0.39, 0.29) is 0 Å². The Kier molecular flexibility index (Phi) is 5.38. The Bertz CT molecular complexity index is 2270. The van der Waals surface area contributed by atoms with Crippen molar-refractivity contribution in [2.75, 3.05) is 0 Å². The van der Waals surface area contributed by atoms with Gasteiger partial charge in [0.2, 0.25) is 0 Å². The molecule has 1 unspecified atom stereocenters. The first-order chi connectivity index (χ1) is 20.8. The van der Waals surface area contributed by atoms with Crippen LogP contribution in [-0.4, -0.2) is 0 Å². The summed E-state index contributed by atoms with van der Waals surface area (Å²) < 4.78 is 0. The Hall–Kier alpha value is -4.68. The molecular weight excluding hydrogens is 504 g/mol. The van der Waals surface area contributed by atoms with Crippen LogP contribution in [-0.2, 0) is 0 Å². The van der Waals surface area contributed by atoms with Crippen LogP contribution in [0.4, 0.5) is 0 Å². The van der Waals surface area contributed by atoms with E-state index >= 15 is 0 Å². The minimum atomic E-state index is 0.674. The largest absolute Gasteiger partial charge is 0.0839 e. The normalized spacial score (nSPS) is 18.1. The fraction of sp³-hybridized carbons (Fsp3) is 0.143. The van der Waals surface area contributed by atoms with Gasteiger partial charge in [0.15, 0.2) is 0 Å². The van der Waals surface area contributed by atoms with Crippen LogP contribution in [0.1, 0.15) is 43.2 Å². The summed E-state index contributed by atoms with van der Waals surface area (Å²) in [5.41, 5.74) is 7.34. The van der Waals surface area contributed by atoms with E-state index in [9.17, 15) is 0 Å². The van der Waals surface area contributed by atoms with Gasteiger partial charge in [-0.05, 0) is 132 Å². The highest BCUT2D eigenvalue weighted by atomic mass is 14.3. The maximum absolute atomic E-state index is 2.51. The summed E-state index contributed by atoms with van der Waals surface area (Å²) >= 11 is 0. The number of allylic oxidation sites excluding steroid dienone is 6. The lowest BCUT2D eigenvalue weighted by molar-refractivity contribution is 0.572. The molecule has 3 aliphatic carbocycles. The molecule has 0 heterocycles. The molecule has 200 valence electrons. The third-order valence-electron chi connectivity index (χ3n) is 9.97. The van der Waals surface area contributed by atoms with Crippen molar-refractivity contribution in [3.05, 3.63) is 149 Å². The van der Waals surface area contributed by atoms with Gasteiger partial charge in [0, 0.05) is 0 Å². The first-order valence-electron chi connectivity index (χ1n) is 15.5. The number of fused-ring (bicyclic) bond motifs is 7. The SMILES string of the molecule is C1=CCC2CCC(c3c4ccccc4c(C4=c5ccc6cc7ccccc7cc6c5=CCC4)c4ccccc34)=CC2=C1. The molecule has 0 N–H and O–H groups in total. The third kappa shape index (κ3) is 3.61. The number of hydrogen-bond donors (Lipinski definition) is 0. The van der Waals surface area contributed by atoms with E-state index < -0.39 is 0 Å². The predicted molar refractivity (Wildman–Crippen MR) is 181 cm³/mol. The van der Waals surface area contributed by atoms with E-state index in [2.05, 4.69) is 127 Å². The van der Waals surface area contributed by atoms with Gasteiger partial charge < -0.3 is 0 Å². The third-order valence-corrected chi connectivity index (χ3v) is 9.97. The second-order valence-electron chi connectivity index (χ2n) is 12.2. The lowest BCUT2D eigenvalue weighted by atomic mass is 9.76. The monoisotopic (exact) mass is 536 g/mol. The molecule has 0 aliphatic heterocycles. The maximum atomic E-state index is 2.51. The van der Waals surface area contributed by atoms with Crippen LogP contribution in [0, 0.1) is 5.92 Å². The van der Waals surface area contributed by atoms with Gasteiger partial charge >= 0.3 is 0 Å². The summed E-state index contributed by atoms with van der Waals surface area (Å²) in [6, 6.07) is 36.6. The number of benzene rings is 6. The van der Waals surface area contributed by atoms with Crippen molar-refractivity contribution in [1.29, 1.82) is 0 Å². The molecule has 0 saturated carbocycles. The highest BCUT2D eigenvalue weighted by molar-refractivity contribution is 6.16. The molecule has 0 bridgehead atoms. The van der Waals surface area contributed by atoms with E-state index in [1.807, 2.05) is 0 Å². The maximum Gasteiger partial charge on any atom is -0.00605 e. The molecule has 3 aliphatic rings. The molecule has 42 heavy (non-hydrogen) atoms. The first-order valence-corrected chi connectivity index (χ1v) is 15.5. The summed E-state index contributed by atoms with van der Waals surface area (Å²) in [5.74, 6) is 0.674. The average Bonchev–Trinajstić information content (AvgIpc) is 3.05. The van der Waals surface area contributed by atoms with Crippen molar-refractivity contribution in [1.82, 2.24) is 0 Å². The standard InChI is InChI=1S/C42H32/c1-2-11-28-25-32(21-20-27(28)10-1)41-36-14-5-7-16-38(36)42(39-17-8-6-15-37(39)41)35-19-9-18-33-34(35)23-22-31-24-29-12-3-4-13-30(29)26-40(31)33/h1-8,11-18,22-27H,9-10,19-21H2. The highest BCUT2D eigenvalue weighted by Gasteiger charge is 2.24. The summed E-state index contributed by atoms with van der Waals surface area (Å²) in [6.07, 6.45) is 17.6. The second kappa shape index (κ2) is 9.43. The van der Waals surface area contributed by atoms with Crippen molar-refractivity contribution in [2.45, 2.75) is 32.1 Å². The molecule has 0 nitrogen and oxygen atoms in total. The fourth-order valence-corrected chi connectivity index (χ4v) is 8.02. The van der Waals surface area contributed by atoms with E-state index in [0.29, 0.717) is 5.92 Å². The Labute approximate surface area is 246 Å². The van der Waals surface area contributed by atoms with Crippen LogP contribution >= 0.6 is 0 Å². The zero-order chi connectivity index (χ0) is 27.6. The Morgan fingerprint density at radius 1 is 0.595 bits per heavy atom. The quantitative estimate of drug-likeness (QED) is 0.193. The summed E-state index contributed by atoms with van der Waals surface area (Å²) in [4.78, 5) is 0. The molecule has 0 radical (unpaired) electrons. The molecule has 1 atom stereocenters. The lowest BCUT2D eigenvalue weighted by Crippen LogP contribution is -2.30. The molecule has 0 spiro atoms. The van der Waals surface area contributed by atoms with Gasteiger partial charge in [0.05, 0.1) is 0 Å². The van der Waals surface area contributed by atoms with Crippen LogP contribution in [0.15, 0.2) is 127 Å². The molecule has 0 saturated heterocycles. The van der Waals surface area contributed by atoms with Crippen LogP contribution in [0.25, 0.3) is 60.3 Å². The summed E-state index contributed by atoms with van der Waals surface area (Å²) in [7, 11) is 0. The van der Waals surface area contributed by atoms with Crippen LogP contribution in [0.2, 0.25) is 0 Å². The molecule has 6 aromatic rings. The molecular formula is C42H32. The first kappa shape index (κ1) is 24.0. The van der Waals surface area contributed by atoms with Crippen molar-refractivity contribution >= 4 is 60.3 Å². The number of hydrogen-bond acceptors (Lipinski definition) is 0. The van der Waals surface area contributed by atoms with E-state index in [4.69, 9.17) is 0 Å². The van der Waals surface area contributed by atoms with Crippen molar-refractivity contribution < 1.29 is 0 Å². The van der Waals surface area contributed by atoms with Gasteiger partial charge in [-0.1, -0.05) is 115 Å². The predicted octanol–water partition coefficient (Wildman–Crippen LogP) is 9.75. The molecule has 0 fully saturated rings. The average molecular weight is 537 g/mol. The van der Waals surface area contributed by atoms with Crippen LogP contribution in [0.5, 0.6) is 0 Å². The van der Waals surface area contributed by atoms with Crippen molar-refractivity contribution in [3.8, 4) is 0 Å². The van der Waals surface area contributed by atoms with E-state index in [0.717, 1.165) is 19.3 Å². The number of rotatable bonds is 2. The van der Waals surface area contributed by atoms with Crippen LogP contribution in [0.3, 0.4) is 0 Å². The minimum Gasteiger partial charge on any atom is -0.0839 e. The summed E-state index contributed by atoms with van der Waals surface area (Å²) in [6.45, 7) is 0. The molecule has 6 aromatic carbocycles. The minimum absolute atomic E-state index is 0.674. The molecule has 0 aromatic heterocycles. The Morgan fingerprint density at radius 2 is 1.29 bits per heavy atom. The molecule has 9 rings (SSSR count). The summed E-state index contributed by atoms with van der Waals surface area (Å²) in [5, 5.41) is 13.6. The Morgan fingerprint density at radius 3 is 2.05 bits per heavy atom. The zero-order valence-electron chi connectivity index (χ0n) is 23.7. The van der Waals surface area contributed by atoms with Crippen molar-refractivity contribution in [3.63, 3.8) is 0 Å². The van der Waals surface area contributed by atoms with Gasteiger partial charge in [0.1, 0.15) is 0 Å².